The number of rotatable bonds is 3. The number of furan rings is 1. The lowest BCUT2D eigenvalue weighted by atomic mass is 10.1. The molecule has 5 heteroatoms. The average molecular weight is 286 g/mol. The molecule has 106 valence electrons. The number of hydrogen-bond acceptors (Lipinski definition) is 4. The number of carbonyl (C=O) groups excluding carboxylic acids is 2. The summed E-state index contributed by atoms with van der Waals surface area (Å²) in [6.45, 7) is 1.77. The predicted molar refractivity (Wildman–Crippen MR) is 74.6 cm³/mol. The second-order valence-corrected chi connectivity index (χ2v) is 4.50. The molecule has 0 fully saturated rings. The number of fused-ring (bicyclic) bond motifs is 3. The molecule has 3 aromatic rings. The maximum atomic E-state index is 13.2. The van der Waals surface area contributed by atoms with Crippen molar-refractivity contribution in [1.82, 2.24) is 0 Å². The number of hydrogen-bond donors (Lipinski definition) is 0. The van der Waals surface area contributed by atoms with E-state index in [0.717, 1.165) is 0 Å². The molecular weight excluding hydrogens is 275 g/mol. The molecule has 21 heavy (non-hydrogen) atoms. The van der Waals surface area contributed by atoms with Gasteiger partial charge in [0.05, 0.1) is 6.61 Å². The van der Waals surface area contributed by atoms with Crippen molar-refractivity contribution in [2.24, 2.45) is 0 Å². The van der Waals surface area contributed by atoms with Gasteiger partial charge in [0.1, 0.15) is 17.0 Å². The lowest BCUT2D eigenvalue weighted by molar-refractivity contribution is -0.137. The SMILES string of the molecule is CCOC(=O)C(=O)c1ccc2oc3cc(F)ccc3c2c1. The second kappa shape index (κ2) is 5.01. The highest BCUT2D eigenvalue weighted by Gasteiger charge is 2.19. The highest BCUT2D eigenvalue weighted by molar-refractivity contribution is 6.41. The third kappa shape index (κ3) is 2.27. The van der Waals surface area contributed by atoms with Crippen molar-refractivity contribution >= 4 is 33.7 Å². The zero-order valence-electron chi connectivity index (χ0n) is 11.2. The second-order valence-electron chi connectivity index (χ2n) is 4.50. The number of benzene rings is 2. The van der Waals surface area contributed by atoms with Gasteiger partial charge in [0.15, 0.2) is 0 Å². The minimum absolute atomic E-state index is 0.140. The fourth-order valence-electron chi connectivity index (χ4n) is 2.21. The Labute approximate surface area is 119 Å². The first-order valence-corrected chi connectivity index (χ1v) is 6.43. The van der Waals surface area contributed by atoms with Gasteiger partial charge in [-0.3, -0.25) is 4.79 Å². The van der Waals surface area contributed by atoms with Crippen LogP contribution in [0.25, 0.3) is 21.9 Å². The summed E-state index contributed by atoms with van der Waals surface area (Å²) in [4.78, 5) is 23.4. The van der Waals surface area contributed by atoms with Crippen LogP contribution >= 0.6 is 0 Å². The molecule has 0 saturated carbocycles. The van der Waals surface area contributed by atoms with Gasteiger partial charge in [-0.15, -0.1) is 0 Å². The maximum absolute atomic E-state index is 13.2. The van der Waals surface area contributed by atoms with Gasteiger partial charge in [-0.05, 0) is 37.3 Å². The first-order valence-electron chi connectivity index (χ1n) is 6.43. The molecule has 0 saturated heterocycles. The van der Waals surface area contributed by atoms with Crippen molar-refractivity contribution < 1.29 is 23.1 Å². The Morgan fingerprint density at radius 1 is 1.10 bits per heavy atom. The Morgan fingerprint density at radius 2 is 1.90 bits per heavy atom. The third-order valence-electron chi connectivity index (χ3n) is 3.16. The number of ketones is 1. The summed E-state index contributed by atoms with van der Waals surface area (Å²) in [5.74, 6) is -2.00. The Morgan fingerprint density at radius 3 is 2.67 bits per heavy atom. The average Bonchev–Trinajstić information content (AvgIpc) is 2.83. The number of carbonyl (C=O) groups is 2. The molecule has 2 aromatic carbocycles. The van der Waals surface area contributed by atoms with E-state index in [4.69, 9.17) is 9.15 Å². The molecule has 0 unspecified atom stereocenters. The molecule has 4 nitrogen and oxygen atoms in total. The highest BCUT2D eigenvalue weighted by Crippen LogP contribution is 2.30. The minimum atomic E-state index is -0.893. The molecule has 1 heterocycles. The van der Waals surface area contributed by atoms with Crippen molar-refractivity contribution in [2.75, 3.05) is 6.61 Å². The van der Waals surface area contributed by atoms with Crippen LogP contribution in [0.4, 0.5) is 4.39 Å². The lowest BCUT2D eigenvalue weighted by Gasteiger charge is -2.00. The van der Waals surface area contributed by atoms with Crippen LogP contribution in [0.3, 0.4) is 0 Å². The summed E-state index contributed by atoms with van der Waals surface area (Å²) < 4.78 is 23.4. The zero-order valence-corrected chi connectivity index (χ0v) is 11.2. The summed E-state index contributed by atoms with van der Waals surface area (Å²) in [6.07, 6.45) is 0. The zero-order chi connectivity index (χ0) is 15.0. The minimum Gasteiger partial charge on any atom is -0.460 e. The first kappa shape index (κ1) is 13.3. The summed E-state index contributed by atoms with van der Waals surface area (Å²) in [5, 5.41) is 1.34. The molecule has 0 aliphatic carbocycles. The van der Waals surface area contributed by atoms with Gasteiger partial charge >= 0.3 is 5.97 Å². The predicted octanol–water partition coefficient (Wildman–Crippen LogP) is 3.47. The molecule has 0 amide bonds. The maximum Gasteiger partial charge on any atom is 0.379 e. The van der Waals surface area contributed by atoms with Crippen molar-refractivity contribution in [3.05, 3.63) is 47.8 Å². The molecule has 0 bridgehead atoms. The Balaban J connectivity index is 2.13. The molecule has 0 spiro atoms. The van der Waals surface area contributed by atoms with E-state index in [0.29, 0.717) is 21.9 Å². The van der Waals surface area contributed by atoms with Gasteiger partial charge in [-0.1, -0.05) is 0 Å². The molecule has 0 atom stereocenters. The topological polar surface area (TPSA) is 56.5 Å². The van der Waals surface area contributed by atoms with Crippen LogP contribution in [-0.4, -0.2) is 18.4 Å². The molecule has 1 aromatic heterocycles. The Kier molecular flexibility index (Phi) is 3.17. The van der Waals surface area contributed by atoms with Gasteiger partial charge in [0.2, 0.25) is 0 Å². The Bertz CT molecular complexity index is 863. The van der Waals surface area contributed by atoms with Crippen LogP contribution in [0.1, 0.15) is 17.3 Å². The normalized spacial score (nSPS) is 11.0. The van der Waals surface area contributed by atoms with Gasteiger partial charge < -0.3 is 9.15 Å². The van der Waals surface area contributed by atoms with Crippen LogP contribution in [0.2, 0.25) is 0 Å². The molecule has 0 N–H and O–H groups in total. The van der Waals surface area contributed by atoms with E-state index in [9.17, 15) is 14.0 Å². The fraction of sp³-hybridized carbons (Fsp3) is 0.125. The number of halogens is 1. The molecular formula is C16H11FO4. The van der Waals surface area contributed by atoms with Crippen LogP contribution in [0, 0.1) is 5.82 Å². The summed E-state index contributed by atoms with van der Waals surface area (Å²) in [5.41, 5.74) is 1.13. The molecule has 0 aliphatic heterocycles. The van der Waals surface area contributed by atoms with E-state index in [1.54, 1.807) is 25.1 Å². The number of esters is 1. The number of Topliss-reactive ketones (excluding diaryl/α,β-unsaturated/α-hetero) is 1. The van der Waals surface area contributed by atoms with Gasteiger partial charge in [0.25, 0.3) is 5.78 Å². The lowest BCUT2D eigenvalue weighted by Crippen LogP contribution is -2.17. The summed E-state index contributed by atoms with van der Waals surface area (Å²) >= 11 is 0. The van der Waals surface area contributed by atoms with Crippen LogP contribution < -0.4 is 0 Å². The summed E-state index contributed by atoms with van der Waals surface area (Å²) in [6, 6.07) is 8.80. The molecule has 0 radical (unpaired) electrons. The van der Waals surface area contributed by atoms with Gasteiger partial charge in [0, 0.05) is 22.4 Å². The van der Waals surface area contributed by atoms with Crippen molar-refractivity contribution in [1.29, 1.82) is 0 Å². The Hall–Kier alpha value is -2.69. The van der Waals surface area contributed by atoms with Crippen molar-refractivity contribution in [2.45, 2.75) is 6.92 Å². The van der Waals surface area contributed by atoms with E-state index >= 15 is 0 Å². The van der Waals surface area contributed by atoms with Crippen LogP contribution in [0.15, 0.2) is 40.8 Å². The quantitative estimate of drug-likeness (QED) is 0.420. The third-order valence-corrected chi connectivity index (χ3v) is 3.16. The smallest absolute Gasteiger partial charge is 0.379 e. The van der Waals surface area contributed by atoms with E-state index in [1.165, 1.54) is 18.2 Å². The molecule has 0 aliphatic rings. The standard InChI is InChI=1S/C16H11FO4/c1-2-20-16(19)15(18)9-3-6-13-12(7-9)11-5-4-10(17)8-14(11)21-13/h3-8H,2H2,1H3. The van der Waals surface area contributed by atoms with Crippen molar-refractivity contribution in [3.63, 3.8) is 0 Å². The van der Waals surface area contributed by atoms with Gasteiger partial charge in [-0.2, -0.15) is 0 Å². The van der Waals surface area contributed by atoms with E-state index in [1.807, 2.05) is 0 Å². The largest absolute Gasteiger partial charge is 0.460 e. The monoisotopic (exact) mass is 286 g/mol. The molecule has 3 rings (SSSR count). The fourth-order valence-corrected chi connectivity index (χ4v) is 2.21. The number of ether oxygens (including phenoxy) is 1. The van der Waals surface area contributed by atoms with Crippen molar-refractivity contribution in [3.8, 4) is 0 Å². The summed E-state index contributed by atoms with van der Waals surface area (Å²) in [7, 11) is 0. The van der Waals surface area contributed by atoms with Crippen LogP contribution in [0.5, 0.6) is 0 Å². The van der Waals surface area contributed by atoms with E-state index < -0.39 is 17.6 Å². The van der Waals surface area contributed by atoms with E-state index in [2.05, 4.69) is 0 Å². The van der Waals surface area contributed by atoms with Crippen LogP contribution in [-0.2, 0) is 9.53 Å². The van der Waals surface area contributed by atoms with Gasteiger partial charge in [-0.25, -0.2) is 9.18 Å². The highest BCUT2D eigenvalue weighted by atomic mass is 19.1. The first-order chi connectivity index (χ1) is 10.1. The van der Waals surface area contributed by atoms with E-state index in [-0.39, 0.29) is 12.2 Å².